The van der Waals surface area contributed by atoms with E-state index >= 15 is 0 Å². The van der Waals surface area contributed by atoms with Gasteiger partial charge in [0.25, 0.3) is 5.91 Å². The Labute approximate surface area is 156 Å². The van der Waals surface area contributed by atoms with Gasteiger partial charge in [-0.05, 0) is 32.0 Å². The molecule has 1 aliphatic heterocycles. The van der Waals surface area contributed by atoms with Crippen molar-refractivity contribution in [2.24, 2.45) is 7.05 Å². The first-order valence-corrected chi connectivity index (χ1v) is 9.02. The van der Waals surface area contributed by atoms with E-state index in [0.717, 1.165) is 35.9 Å². The highest BCUT2D eigenvalue weighted by Crippen LogP contribution is 2.23. The van der Waals surface area contributed by atoms with Gasteiger partial charge in [0.05, 0.1) is 30.3 Å². The molecule has 0 radical (unpaired) electrons. The Balaban J connectivity index is 1.56. The van der Waals surface area contributed by atoms with Gasteiger partial charge in [-0.25, -0.2) is 9.97 Å². The van der Waals surface area contributed by atoms with Crippen molar-refractivity contribution in [2.45, 2.75) is 19.9 Å². The summed E-state index contributed by atoms with van der Waals surface area (Å²) >= 11 is 0. The Morgan fingerprint density at radius 1 is 1.30 bits per heavy atom. The normalized spacial score (nSPS) is 15.9. The van der Waals surface area contributed by atoms with Crippen molar-refractivity contribution < 1.29 is 9.53 Å². The number of anilines is 1. The number of ether oxygens (including phenoxy) is 1. The number of imidazole rings is 1. The SMILES string of the molecule is Cc1nc([C@@H](C)NC(=O)c2ccc3c(c2)nc(N2CCOCC2)n3C)n[nH]1. The third-order valence-electron chi connectivity index (χ3n) is 4.76. The molecule has 1 fully saturated rings. The average Bonchev–Trinajstić information content (AvgIpc) is 3.26. The van der Waals surface area contributed by atoms with Crippen molar-refractivity contribution in [3.8, 4) is 0 Å². The maximum atomic E-state index is 12.6. The average molecular weight is 369 g/mol. The van der Waals surface area contributed by atoms with Crippen LogP contribution in [0.1, 0.15) is 35.0 Å². The first kappa shape index (κ1) is 17.5. The molecule has 27 heavy (non-hydrogen) atoms. The highest BCUT2D eigenvalue weighted by molar-refractivity contribution is 5.97. The summed E-state index contributed by atoms with van der Waals surface area (Å²) in [5, 5.41) is 9.81. The number of hydrogen-bond acceptors (Lipinski definition) is 6. The van der Waals surface area contributed by atoms with Crippen LogP contribution in [0.5, 0.6) is 0 Å². The van der Waals surface area contributed by atoms with E-state index in [2.05, 4.69) is 30.0 Å². The van der Waals surface area contributed by atoms with Crippen LogP contribution in [-0.2, 0) is 11.8 Å². The largest absolute Gasteiger partial charge is 0.378 e. The van der Waals surface area contributed by atoms with Crippen molar-refractivity contribution in [1.82, 2.24) is 30.0 Å². The lowest BCUT2D eigenvalue weighted by Crippen LogP contribution is -2.37. The molecule has 0 bridgehead atoms. The number of carbonyl (C=O) groups is 1. The minimum Gasteiger partial charge on any atom is -0.378 e. The molecule has 0 saturated carbocycles. The molecule has 2 aromatic heterocycles. The van der Waals surface area contributed by atoms with Gasteiger partial charge in [0.15, 0.2) is 5.82 Å². The summed E-state index contributed by atoms with van der Waals surface area (Å²) in [4.78, 5) is 23.8. The van der Waals surface area contributed by atoms with E-state index < -0.39 is 0 Å². The number of fused-ring (bicyclic) bond motifs is 1. The van der Waals surface area contributed by atoms with Gasteiger partial charge in [-0.3, -0.25) is 9.89 Å². The summed E-state index contributed by atoms with van der Waals surface area (Å²) in [6.45, 7) is 6.73. The van der Waals surface area contributed by atoms with E-state index in [9.17, 15) is 4.79 Å². The fourth-order valence-electron chi connectivity index (χ4n) is 3.27. The number of benzene rings is 1. The summed E-state index contributed by atoms with van der Waals surface area (Å²) in [5.41, 5.74) is 2.35. The molecule has 1 aromatic carbocycles. The first-order chi connectivity index (χ1) is 13.0. The topological polar surface area (TPSA) is 101 Å². The lowest BCUT2D eigenvalue weighted by Gasteiger charge is -2.27. The van der Waals surface area contributed by atoms with Crippen LogP contribution in [0.3, 0.4) is 0 Å². The maximum Gasteiger partial charge on any atom is 0.251 e. The van der Waals surface area contributed by atoms with E-state index in [1.165, 1.54) is 0 Å². The number of morpholine rings is 1. The van der Waals surface area contributed by atoms with Crippen molar-refractivity contribution in [3.63, 3.8) is 0 Å². The number of aromatic nitrogens is 5. The molecule has 9 nitrogen and oxygen atoms in total. The van der Waals surface area contributed by atoms with Crippen molar-refractivity contribution in [1.29, 1.82) is 0 Å². The Morgan fingerprint density at radius 3 is 2.78 bits per heavy atom. The Morgan fingerprint density at radius 2 is 2.07 bits per heavy atom. The molecular formula is C18H23N7O2. The third-order valence-corrected chi connectivity index (χ3v) is 4.76. The number of aromatic amines is 1. The summed E-state index contributed by atoms with van der Waals surface area (Å²) in [5.74, 6) is 2.01. The van der Waals surface area contributed by atoms with Crippen LogP contribution in [0.25, 0.3) is 11.0 Å². The van der Waals surface area contributed by atoms with E-state index in [1.54, 1.807) is 0 Å². The zero-order chi connectivity index (χ0) is 19.0. The number of carbonyl (C=O) groups excluding carboxylic acids is 1. The second-order valence-corrected chi connectivity index (χ2v) is 6.75. The van der Waals surface area contributed by atoms with Gasteiger partial charge in [0.2, 0.25) is 5.95 Å². The van der Waals surface area contributed by atoms with E-state index in [-0.39, 0.29) is 11.9 Å². The molecule has 0 unspecified atom stereocenters. The van der Waals surface area contributed by atoms with Gasteiger partial charge in [-0.15, -0.1) is 0 Å². The third kappa shape index (κ3) is 3.37. The molecular weight excluding hydrogens is 346 g/mol. The fraction of sp³-hybridized carbons (Fsp3) is 0.444. The summed E-state index contributed by atoms with van der Waals surface area (Å²) in [6.07, 6.45) is 0. The quantitative estimate of drug-likeness (QED) is 0.719. The standard InChI is InChI=1S/C18H23N7O2/c1-11(16-20-12(2)22-23-16)19-17(26)13-4-5-15-14(10-13)21-18(24(15)3)25-6-8-27-9-7-25/h4-5,10-11H,6-9H2,1-3H3,(H,19,26)(H,20,22,23)/t11-/m1/s1. The predicted octanol–water partition coefficient (Wildman–Crippen LogP) is 1.33. The minimum absolute atomic E-state index is 0.176. The van der Waals surface area contributed by atoms with Gasteiger partial charge in [0, 0.05) is 25.7 Å². The number of rotatable bonds is 4. The molecule has 1 aliphatic rings. The van der Waals surface area contributed by atoms with E-state index in [4.69, 9.17) is 9.72 Å². The van der Waals surface area contributed by atoms with Crippen LogP contribution in [0.4, 0.5) is 5.95 Å². The first-order valence-electron chi connectivity index (χ1n) is 9.02. The predicted molar refractivity (Wildman–Crippen MR) is 101 cm³/mol. The zero-order valence-electron chi connectivity index (χ0n) is 15.7. The number of hydrogen-bond donors (Lipinski definition) is 2. The zero-order valence-corrected chi connectivity index (χ0v) is 15.7. The molecule has 4 rings (SSSR count). The number of aryl methyl sites for hydroxylation is 2. The highest BCUT2D eigenvalue weighted by Gasteiger charge is 2.19. The van der Waals surface area contributed by atoms with Gasteiger partial charge in [0.1, 0.15) is 5.82 Å². The fourth-order valence-corrected chi connectivity index (χ4v) is 3.27. The monoisotopic (exact) mass is 369 g/mol. The Hall–Kier alpha value is -2.94. The van der Waals surface area contributed by atoms with Crippen molar-refractivity contribution in [3.05, 3.63) is 35.4 Å². The van der Waals surface area contributed by atoms with Crippen LogP contribution in [0.2, 0.25) is 0 Å². The molecule has 142 valence electrons. The summed E-state index contributed by atoms with van der Waals surface area (Å²) < 4.78 is 7.47. The van der Waals surface area contributed by atoms with Crippen LogP contribution in [0, 0.1) is 6.92 Å². The Kier molecular flexibility index (Phi) is 4.53. The molecule has 1 amide bonds. The highest BCUT2D eigenvalue weighted by atomic mass is 16.5. The molecule has 9 heteroatoms. The second-order valence-electron chi connectivity index (χ2n) is 6.75. The molecule has 3 aromatic rings. The van der Waals surface area contributed by atoms with Crippen molar-refractivity contribution in [2.75, 3.05) is 31.2 Å². The number of H-pyrrole nitrogens is 1. The molecule has 3 heterocycles. The smallest absolute Gasteiger partial charge is 0.251 e. The maximum absolute atomic E-state index is 12.6. The number of nitrogens with one attached hydrogen (secondary N) is 2. The van der Waals surface area contributed by atoms with Crippen LogP contribution in [-0.4, -0.2) is 56.9 Å². The summed E-state index contributed by atoms with van der Waals surface area (Å²) in [6, 6.07) is 5.29. The van der Waals surface area contributed by atoms with Crippen LogP contribution in [0.15, 0.2) is 18.2 Å². The van der Waals surface area contributed by atoms with Gasteiger partial charge >= 0.3 is 0 Å². The number of amides is 1. The van der Waals surface area contributed by atoms with Gasteiger partial charge in [-0.2, -0.15) is 5.10 Å². The molecule has 1 saturated heterocycles. The van der Waals surface area contributed by atoms with Gasteiger partial charge < -0.3 is 19.5 Å². The Bertz CT molecular complexity index is 971. The van der Waals surface area contributed by atoms with Crippen molar-refractivity contribution >= 4 is 22.9 Å². The molecule has 2 N–H and O–H groups in total. The van der Waals surface area contributed by atoms with E-state index in [1.807, 2.05) is 39.1 Å². The van der Waals surface area contributed by atoms with Crippen LogP contribution >= 0.6 is 0 Å². The lowest BCUT2D eigenvalue weighted by molar-refractivity contribution is 0.0938. The van der Waals surface area contributed by atoms with Crippen LogP contribution < -0.4 is 10.2 Å². The number of nitrogens with zero attached hydrogens (tertiary/aromatic N) is 5. The van der Waals surface area contributed by atoms with Gasteiger partial charge in [-0.1, -0.05) is 0 Å². The molecule has 0 spiro atoms. The lowest BCUT2D eigenvalue weighted by atomic mass is 10.1. The minimum atomic E-state index is -0.286. The second kappa shape index (κ2) is 6.99. The van der Waals surface area contributed by atoms with E-state index in [0.29, 0.717) is 24.6 Å². The molecule has 1 atom stereocenters. The molecule has 0 aliphatic carbocycles. The summed E-state index contributed by atoms with van der Waals surface area (Å²) in [7, 11) is 1.99.